The van der Waals surface area contributed by atoms with Crippen LogP contribution in [0.1, 0.15) is 60.8 Å². The summed E-state index contributed by atoms with van der Waals surface area (Å²) in [5.74, 6) is 0.0257. The summed E-state index contributed by atoms with van der Waals surface area (Å²) < 4.78 is 22.7. The van der Waals surface area contributed by atoms with Crippen molar-refractivity contribution in [3.63, 3.8) is 0 Å². The average molecular weight is 701 g/mol. The van der Waals surface area contributed by atoms with Crippen molar-refractivity contribution in [2.24, 2.45) is 10.9 Å². The first-order valence-corrected chi connectivity index (χ1v) is 17.1. The molecule has 1 aromatic heterocycles. The first-order valence-electron chi connectivity index (χ1n) is 17.1. The van der Waals surface area contributed by atoms with Gasteiger partial charge in [0.05, 0.1) is 38.0 Å². The van der Waals surface area contributed by atoms with E-state index in [4.69, 9.17) is 23.9 Å². The lowest BCUT2D eigenvalue weighted by Gasteiger charge is -2.32. The van der Waals surface area contributed by atoms with Gasteiger partial charge in [-0.3, -0.25) is 4.79 Å². The van der Waals surface area contributed by atoms with Gasteiger partial charge in [0, 0.05) is 29.5 Å². The zero-order valence-electron chi connectivity index (χ0n) is 30.6. The van der Waals surface area contributed by atoms with Gasteiger partial charge in [-0.25, -0.2) is 14.6 Å². The molecule has 2 heterocycles. The van der Waals surface area contributed by atoms with Crippen molar-refractivity contribution in [2.75, 3.05) is 20.8 Å². The van der Waals surface area contributed by atoms with Gasteiger partial charge in [0.15, 0.2) is 0 Å². The van der Waals surface area contributed by atoms with Crippen LogP contribution in [0.4, 0.5) is 4.79 Å². The van der Waals surface area contributed by atoms with Gasteiger partial charge in [-0.05, 0) is 45.2 Å². The highest BCUT2D eigenvalue weighted by molar-refractivity contribution is 5.97. The van der Waals surface area contributed by atoms with Crippen LogP contribution in [0.15, 0.2) is 59.6 Å². The summed E-state index contributed by atoms with van der Waals surface area (Å²) in [5.41, 5.74) is 1.45. The van der Waals surface area contributed by atoms with Crippen LogP contribution >= 0.6 is 0 Å². The lowest BCUT2D eigenvalue weighted by molar-refractivity contribution is -0.142. The third kappa shape index (κ3) is 9.87. The molecule has 13 nitrogen and oxygen atoms in total. The van der Waals surface area contributed by atoms with Crippen LogP contribution in [-0.2, 0) is 19.1 Å². The molecule has 1 unspecified atom stereocenters. The van der Waals surface area contributed by atoms with E-state index < -0.39 is 47.8 Å². The van der Waals surface area contributed by atoms with E-state index in [1.165, 1.54) is 7.11 Å². The SMILES string of the molecule is CCC[C@H](NC(=NC#N)[C@@H]1CC(Oc2cc(-c3ccccc3)nc3cc(OC)ccc23)CN1C(=O)[C@@H](NC(=O)OC(C)(C)C)C(C)C)C(=O)OC. The molecule has 0 aliphatic carbocycles. The van der Waals surface area contributed by atoms with Crippen LogP contribution < -0.4 is 20.1 Å². The van der Waals surface area contributed by atoms with Crippen LogP contribution in [0.5, 0.6) is 11.5 Å². The Hall–Kier alpha value is -5.38. The monoisotopic (exact) mass is 700 g/mol. The summed E-state index contributed by atoms with van der Waals surface area (Å²) in [4.78, 5) is 50.6. The van der Waals surface area contributed by atoms with E-state index in [1.54, 1.807) is 32.8 Å². The topological polar surface area (TPSA) is 164 Å². The number of nitrogens with zero attached hydrogens (tertiary/aromatic N) is 4. The number of hydrogen-bond donors (Lipinski definition) is 2. The zero-order valence-corrected chi connectivity index (χ0v) is 30.6. The number of amides is 2. The number of aliphatic imine (C=N–C) groups is 1. The Labute approximate surface area is 299 Å². The normalized spacial score (nSPS) is 17.3. The molecule has 51 heavy (non-hydrogen) atoms. The Balaban J connectivity index is 1.76. The third-order valence-corrected chi connectivity index (χ3v) is 8.36. The number of nitriles is 1. The minimum atomic E-state index is -0.976. The van der Waals surface area contributed by atoms with Gasteiger partial charge in [0.25, 0.3) is 0 Å². The lowest BCUT2D eigenvalue weighted by atomic mass is 10.0. The van der Waals surface area contributed by atoms with Crippen molar-refractivity contribution < 1.29 is 33.3 Å². The number of esters is 1. The molecule has 1 saturated heterocycles. The Morgan fingerprint density at radius 1 is 1.08 bits per heavy atom. The first-order chi connectivity index (χ1) is 24.3. The molecular formula is C38H48N6O7. The van der Waals surface area contributed by atoms with Crippen molar-refractivity contribution >= 4 is 34.7 Å². The van der Waals surface area contributed by atoms with Gasteiger partial charge in [0.2, 0.25) is 12.1 Å². The van der Waals surface area contributed by atoms with Gasteiger partial charge in [-0.15, -0.1) is 0 Å². The molecule has 0 bridgehead atoms. The minimum absolute atomic E-state index is 0.0894. The molecule has 4 rings (SSSR count). The van der Waals surface area contributed by atoms with Gasteiger partial charge in [-0.1, -0.05) is 57.5 Å². The van der Waals surface area contributed by atoms with Crippen molar-refractivity contribution in [3.8, 4) is 28.9 Å². The summed E-state index contributed by atoms with van der Waals surface area (Å²) in [6.07, 6.45) is 1.78. The van der Waals surface area contributed by atoms with Crippen molar-refractivity contribution in [1.82, 2.24) is 20.5 Å². The van der Waals surface area contributed by atoms with E-state index in [0.717, 1.165) is 10.9 Å². The number of methoxy groups -OCH3 is 2. The second kappa shape index (κ2) is 17.0. The van der Waals surface area contributed by atoms with E-state index >= 15 is 0 Å². The zero-order chi connectivity index (χ0) is 37.3. The highest BCUT2D eigenvalue weighted by atomic mass is 16.6. The van der Waals surface area contributed by atoms with Crippen LogP contribution in [0.25, 0.3) is 22.2 Å². The van der Waals surface area contributed by atoms with Gasteiger partial charge < -0.3 is 34.5 Å². The Morgan fingerprint density at radius 2 is 1.80 bits per heavy atom. The molecule has 1 aliphatic rings. The number of ether oxygens (including phenoxy) is 4. The minimum Gasteiger partial charge on any atom is -0.497 e. The molecule has 1 aliphatic heterocycles. The fourth-order valence-corrected chi connectivity index (χ4v) is 5.96. The van der Waals surface area contributed by atoms with Crippen LogP contribution in [0.3, 0.4) is 0 Å². The van der Waals surface area contributed by atoms with Gasteiger partial charge >= 0.3 is 12.1 Å². The number of aromatic nitrogens is 1. The second-order valence-electron chi connectivity index (χ2n) is 13.7. The second-order valence-corrected chi connectivity index (χ2v) is 13.7. The van der Waals surface area contributed by atoms with Crippen LogP contribution in [0.2, 0.25) is 0 Å². The molecule has 1 fully saturated rings. The number of benzene rings is 2. The molecule has 13 heteroatoms. The number of alkyl carbamates (subject to hydrolysis) is 1. The largest absolute Gasteiger partial charge is 0.497 e. The standard InChI is InChI=1S/C38H48N6O7/c1-9-13-28(36(46)49-8)42-34(40-22-39)31-19-26(21-44(31)35(45)33(23(2)3)43-37(47)51-38(4,5)6)50-32-20-29(24-14-11-10-12-15-24)41-30-18-25(48-7)16-17-27(30)32/h10-12,14-18,20,23,26,28,31,33H,9,13,19,21H2,1-8H3,(H,40,42)(H,43,47)/t26?,28-,31-,33-/m0/s1. The lowest BCUT2D eigenvalue weighted by Crippen LogP contribution is -2.57. The maximum atomic E-state index is 14.4. The molecule has 2 aromatic carbocycles. The number of fused-ring (bicyclic) bond motifs is 1. The maximum absolute atomic E-state index is 14.4. The first kappa shape index (κ1) is 38.4. The number of likely N-dealkylation sites (tertiary alicyclic amines) is 1. The summed E-state index contributed by atoms with van der Waals surface area (Å²) in [6.45, 7) is 10.9. The Kier molecular flexibility index (Phi) is 12.8. The van der Waals surface area contributed by atoms with E-state index in [0.29, 0.717) is 35.6 Å². The smallest absolute Gasteiger partial charge is 0.408 e. The summed E-state index contributed by atoms with van der Waals surface area (Å²) >= 11 is 0. The number of carbonyl (C=O) groups is 3. The molecule has 2 amide bonds. The summed E-state index contributed by atoms with van der Waals surface area (Å²) in [6, 6.07) is 14.5. The summed E-state index contributed by atoms with van der Waals surface area (Å²) in [7, 11) is 2.88. The number of carbonyl (C=O) groups excluding carboxylic acids is 3. The van der Waals surface area contributed by atoms with E-state index in [1.807, 2.05) is 81.6 Å². The number of nitrogens with one attached hydrogen (secondary N) is 2. The van der Waals surface area contributed by atoms with Crippen molar-refractivity contribution in [1.29, 1.82) is 5.26 Å². The van der Waals surface area contributed by atoms with E-state index in [2.05, 4.69) is 15.6 Å². The number of hydrogen-bond acceptors (Lipinski definition) is 10. The average Bonchev–Trinajstić information content (AvgIpc) is 3.52. The number of pyridine rings is 1. The van der Waals surface area contributed by atoms with Crippen LogP contribution in [0, 0.1) is 17.4 Å². The molecule has 0 spiro atoms. The van der Waals surface area contributed by atoms with Crippen molar-refractivity contribution in [3.05, 3.63) is 54.6 Å². The molecule has 2 N–H and O–H groups in total. The molecule has 0 saturated carbocycles. The van der Waals surface area contributed by atoms with Gasteiger partial charge in [0.1, 0.15) is 41.1 Å². The molecular weight excluding hydrogens is 652 g/mol. The third-order valence-electron chi connectivity index (χ3n) is 8.36. The summed E-state index contributed by atoms with van der Waals surface area (Å²) in [5, 5.41) is 16.3. The Bertz CT molecular complexity index is 1770. The fourth-order valence-electron chi connectivity index (χ4n) is 5.96. The molecule has 272 valence electrons. The maximum Gasteiger partial charge on any atom is 0.408 e. The number of amidine groups is 1. The van der Waals surface area contributed by atoms with Gasteiger partial charge in [-0.2, -0.15) is 10.3 Å². The predicted octanol–water partition coefficient (Wildman–Crippen LogP) is 5.62. The quantitative estimate of drug-likeness (QED) is 0.105. The van der Waals surface area contributed by atoms with E-state index in [9.17, 15) is 19.6 Å². The van der Waals surface area contributed by atoms with Crippen molar-refractivity contribution in [2.45, 2.75) is 90.6 Å². The highest BCUT2D eigenvalue weighted by Gasteiger charge is 2.44. The fraction of sp³-hybridized carbons (Fsp3) is 0.474. The molecule has 0 radical (unpaired) electrons. The Morgan fingerprint density at radius 3 is 2.41 bits per heavy atom. The predicted molar refractivity (Wildman–Crippen MR) is 193 cm³/mol. The van der Waals surface area contributed by atoms with Crippen LogP contribution in [-0.4, -0.2) is 84.3 Å². The van der Waals surface area contributed by atoms with E-state index in [-0.39, 0.29) is 24.7 Å². The molecule has 4 atom stereocenters. The molecule has 3 aromatic rings. The number of rotatable bonds is 12. The highest BCUT2D eigenvalue weighted by Crippen LogP contribution is 2.35.